The topological polar surface area (TPSA) is 125 Å². The van der Waals surface area contributed by atoms with Crippen molar-refractivity contribution in [1.29, 1.82) is 0 Å². The van der Waals surface area contributed by atoms with Gasteiger partial charge in [-0.1, -0.05) is 68.4 Å². The summed E-state index contributed by atoms with van der Waals surface area (Å²) in [6, 6.07) is 13.6. The predicted molar refractivity (Wildman–Crippen MR) is 171 cm³/mol. The molecule has 0 aliphatic carbocycles. The van der Waals surface area contributed by atoms with Crippen molar-refractivity contribution >= 4 is 24.2 Å². The van der Waals surface area contributed by atoms with E-state index in [4.69, 9.17) is 18.9 Å². The molecule has 0 fully saturated rings. The van der Waals surface area contributed by atoms with Crippen LogP contribution in [0.25, 0.3) is 0 Å². The van der Waals surface area contributed by atoms with Crippen LogP contribution in [0.4, 0.5) is 0 Å². The van der Waals surface area contributed by atoms with Gasteiger partial charge in [-0.15, -0.1) is 0 Å². The largest absolute Gasteiger partial charge is 0.478 e. The van der Waals surface area contributed by atoms with Crippen molar-refractivity contribution < 1.29 is 43.2 Å². The zero-order valence-electron chi connectivity index (χ0n) is 27.7. The molecule has 9 heteroatoms. The number of esters is 2. The highest BCUT2D eigenvalue weighted by atomic mass is 16.5. The number of ether oxygens (including phenoxy) is 4. The number of rotatable bonds is 8. The van der Waals surface area contributed by atoms with Crippen molar-refractivity contribution in [2.24, 2.45) is 17.8 Å². The fourth-order valence-electron chi connectivity index (χ4n) is 4.33. The zero-order valence-corrected chi connectivity index (χ0v) is 27.7. The maximum Gasteiger partial charge on any atom is 0.335 e. The molecule has 9 nitrogen and oxygen atoms in total. The summed E-state index contributed by atoms with van der Waals surface area (Å²) >= 11 is 0. The van der Waals surface area contributed by atoms with Gasteiger partial charge in [0.2, 0.25) is 0 Å². The number of carboxylic acids is 1. The minimum absolute atomic E-state index is 0.0495. The second-order valence-corrected chi connectivity index (χ2v) is 11.4. The average Bonchev–Trinajstić information content (AvgIpc) is 3.00. The molecule has 0 saturated carbocycles. The molecule has 1 heterocycles. The second-order valence-electron chi connectivity index (χ2n) is 11.4. The molecule has 0 bridgehead atoms. The molecule has 1 N–H and O–H groups in total. The van der Waals surface area contributed by atoms with Crippen LogP contribution in [-0.2, 0) is 19.9 Å². The third-order valence-electron chi connectivity index (χ3n) is 6.38. The van der Waals surface area contributed by atoms with Gasteiger partial charge in [-0.2, -0.15) is 0 Å². The predicted octanol–water partition coefficient (Wildman–Crippen LogP) is 8.05. The standard InChI is InChI=1S/C30H28O9.C4H10.C2H6/c1-16(2)28(34)37-20-8-10-22-25(13-20)39-26-14-21(38-29(35)17(3)4)9-11-23(26)30(22,36-5)24-12-18(27(32)33)6-7-19(24)15-31;1-4(2)3;1-2/h6-17H,1-5H3,(H,32,33);4H,1-3H3;1-2H3. The fourth-order valence-corrected chi connectivity index (χ4v) is 4.33. The normalized spacial score (nSPS) is 12.4. The highest BCUT2D eigenvalue weighted by Gasteiger charge is 2.46. The zero-order chi connectivity index (χ0) is 34.1. The lowest BCUT2D eigenvalue weighted by atomic mass is 9.75. The fraction of sp³-hybridized carbons (Fsp3) is 0.389. The van der Waals surface area contributed by atoms with Crippen LogP contribution in [0, 0.1) is 17.8 Å². The minimum Gasteiger partial charge on any atom is -0.478 e. The van der Waals surface area contributed by atoms with Crippen LogP contribution in [0.15, 0.2) is 54.6 Å². The summed E-state index contributed by atoms with van der Waals surface area (Å²) in [6.07, 6.45) is 0.619. The highest BCUT2D eigenvalue weighted by molar-refractivity contribution is 5.90. The number of carbonyl (C=O) groups excluding carboxylic acids is 3. The van der Waals surface area contributed by atoms with Gasteiger partial charge in [0.25, 0.3) is 0 Å². The van der Waals surface area contributed by atoms with Crippen molar-refractivity contribution in [3.05, 3.63) is 82.4 Å². The number of benzene rings is 3. The van der Waals surface area contributed by atoms with E-state index in [1.807, 2.05) is 13.8 Å². The van der Waals surface area contributed by atoms with Gasteiger partial charge >= 0.3 is 17.9 Å². The minimum atomic E-state index is -1.51. The summed E-state index contributed by atoms with van der Waals surface area (Å²) in [5.74, 6) is -1.04. The van der Waals surface area contributed by atoms with Crippen LogP contribution < -0.4 is 14.2 Å². The Morgan fingerprint density at radius 2 is 1.18 bits per heavy atom. The summed E-state index contributed by atoms with van der Waals surface area (Å²) in [6.45, 7) is 17.3. The summed E-state index contributed by atoms with van der Waals surface area (Å²) < 4.78 is 23.3. The van der Waals surface area contributed by atoms with E-state index in [1.54, 1.807) is 52.0 Å². The molecule has 0 unspecified atom stereocenters. The van der Waals surface area contributed by atoms with Crippen LogP contribution in [0.5, 0.6) is 23.0 Å². The maximum absolute atomic E-state index is 12.2. The molecule has 0 spiro atoms. The molecule has 242 valence electrons. The van der Waals surface area contributed by atoms with Gasteiger partial charge in [-0.05, 0) is 42.3 Å². The number of methoxy groups -OCH3 is 1. The van der Waals surface area contributed by atoms with Gasteiger partial charge in [-0.3, -0.25) is 14.4 Å². The smallest absolute Gasteiger partial charge is 0.335 e. The Balaban J connectivity index is 0.00000109. The van der Waals surface area contributed by atoms with Crippen molar-refractivity contribution in [3.63, 3.8) is 0 Å². The molecule has 0 saturated heterocycles. The molecule has 1 aliphatic rings. The first-order valence-corrected chi connectivity index (χ1v) is 15.0. The summed E-state index contributed by atoms with van der Waals surface area (Å²) in [5, 5.41) is 9.70. The molecule has 0 atom stereocenters. The van der Waals surface area contributed by atoms with Crippen molar-refractivity contribution in [2.45, 2.75) is 67.9 Å². The van der Waals surface area contributed by atoms with Crippen LogP contribution in [-0.4, -0.2) is 36.4 Å². The summed E-state index contributed by atoms with van der Waals surface area (Å²) in [7, 11) is 1.43. The Labute approximate surface area is 265 Å². The molecule has 45 heavy (non-hydrogen) atoms. The molecule has 0 amide bonds. The Morgan fingerprint density at radius 1 is 0.733 bits per heavy atom. The summed E-state index contributed by atoms with van der Waals surface area (Å²) in [4.78, 5) is 48.5. The van der Waals surface area contributed by atoms with Crippen LogP contribution in [0.3, 0.4) is 0 Å². The molecule has 3 aromatic rings. The van der Waals surface area contributed by atoms with Crippen LogP contribution in [0.2, 0.25) is 0 Å². The Hall–Kier alpha value is -4.50. The van der Waals surface area contributed by atoms with Gasteiger partial charge < -0.3 is 24.1 Å². The SMILES string of the molecule is CC.CC(C)C.COC1(c2cc(C(=O)O)ccc2C=O)c2ccc(OC(=O)C(C)C)cc2Oc2cc(OC(=O)C(C)C)ccc21. The number of hydrogen-bond acceptors (Lipinski definition) is 8. The van der Waals surface area contributed by atoms with Crippen molar-refractivity contribution in [3.8, 4) is 23.0 Å². The maximum atomic E-state index is 12.2. The number of carboxylic acid groups (broad SMARTS) is 1. The van der Waals surface area contributed by atoms with Gasteiger partial charge in [0.1, 0.15) is 29.3 Å². The Morgan fingerprint density at radius 3 is 1.53 bits per heavy atom. The average molecular weight is 621 g/mol. The van der Waals surface area contributed by atoms with E-state index in [-0.39, 0.29) is 51.5 Å². The first-order chi connectivity index (χ1) is 21.2. The van der Waals surface area contributed by atoms with E-state index in [9.17, 15) is 24.3 Å². The molecule has 3 aromatic carbocycles. The van der Waals surface area contributed by atoms with Crippen molar-refractivity contribution in [2.75, 3.05) is 7.11 Å². The van der Waals surface area contributed by atoms with Crippen LogP contribution >= 0.6 is 0 Å². The lowest BCUT2D eigenvalue weighted by molar-refractivity contribution is -0.138. The molecular formula is C36H44O9. The van der Waals surface area contributed by atoms with Gasteiger partial charge in [0.05, 0.1) is 17.4 Å². The third-order valence-corrected chi connectivity index (χ3v) is 6.38. The number of hydrogen-bond donors (Lipinski definition) is 1. The molecule has 0 radical (unpaired) electrons. The van der Waals surface area contributed by atoms with Gasteiger partial charge in [0, 0.05) is 41.5 Å². The first-order valence-electron chi connectivity index (χ1n) is 15.0. The second kappa shape index (κ2) is 16.0. The number of fused-ring (bicyclic) bond motifs is 2. The van der Waals surface area contributed by atoms with E-state index in [1.165, 1.54) is 37.4 Å². The van der Waals surface area contributed by atoms with Crippen LogP contribution in [0.1, 0.15) is 99.7 Å². The molecular weight excluding hydrogens is 576 g/mol. The first kappa shape index (κ1) is 36.7. The van der Waals surface area contributed by atoms with E-state index >= 15 is 0 Å². The molecule has 0 aromatic heterocycles. The quantitative estimate of drug-likeness (QED) is 0.151. The lowest BCUT2D eigenvalue weighted by Crippen LogP contribution is -2.36. The van der Waals surface area contributed by atoms with E-state index in [0.717, 1.165) is 5.92 Å². The number of aldehydes is 1. The van der Waals surface area contributed by atoms with E-state index in [2.05, 4.69) is 20.8 Å². The Bertz CT molecular complexity index is 1440. The monoisotopic (exact) mass is 620 g/mol. The van der Waals surface area contributed by atoms with Crippen molar-refractivity contribution in [1.82, 2.24) is 0 Å². The molecule has 4 rings (SSSR count). The molecule has 1 aliphatic heterocycles. The summed E-state index contributed by atoms with van der Waals surface area (Å²) in [5.41, 5.74) is -0.201. The number of aromatic carboxylic acids is 1. The van der Waals surface area contributed by atoms with Gasteiger partial charge in [-0.25, -0.2) is 4.79 Å². The van der Waals surface area contributed by atoms with E-state index < -0.39 is 23.5 Å². The Kier molecular flexibility index (Phi) is 13.0. The van der Waals surface area contributed by atoms with Gasteiger partial charge in [0.15, 0.2) is 5.60 Å². The highest BCUT2D eigenvalue weighted by Crippen LogP contribution is 2.54. The van der Waals surface area contributed by atoms with E-state index in [0.29, 0.717) is 17.4 Å². The number of carbonyl (C=O) groups is 4. The third kappa shape index (κ3) is 8.36. The lowest BCUT2D eigenvalue weighted by Gasteiger charge is -2.40.